The van der Waals surface area contributed by atoms with Crippen molar-refractivity contribution in [2.24, 2.45) is 5.10 Å². The molecule has 2 N–H and O–H groups in total. The van der Waals surface area contributed by atoms with Crippen LogP contribution in [0.4, 0.5) is 0 Å². The van der Waals surface area contributed by atoms with E-state index in [1.807, 2.05) is 48.5 Å². The molecule has 148 valence electrons. The van der Waals surface area contributed by atoms with E-state index in [2.05, 4.69) is 10.5 Å². The maximum atomic E-state index is 12.0. The van der Waals surface area contributed by atoms with Crippen LogP contribution in [-0.4, -0.2) is 38.9 Å². The smallest absolute Gasteiger partial charge is 0.295 e. The summed E-state index contributed by atoms with van der Waals surface area (Å²) in [7, 11) is 1.61. The minimum absolute atomic E-state index is 0.0528. The molecule has 1 aliphatic heterocycles. The summed E-state index contributed by atoms with van der Waals surface area (Å²) in [6, 6.07) is 15.5. The van der Waals surface area contributed by atoms with Crippen molar-refractivity contribution >= 4 is 12.1 Å². The fourth-order valence-electron chi connectivity index (χ4n) is 3.29. The second-order valence-electron chi connectivity index (χ2n) is 6.97. The Balaban J connectivity index is 1.52. The zero-order chi connectivity index (χ0) is 19.6. The maximum Gasteiger partial charge on any atom is 0.295 e. The highest BCUT2D eigenvalue weighted by atomic mass is 16.5. The summed E-state index contributed by atoms with van der Waals surface area (Å²) in [4.78, 5) is 13.3. The minimum Gasteiger partial charge on any atom is -0.493 e. The number of hydrogen-bond donors (Lipinski definition) is 2. The van der Waals surface area contributed by atoms with Gasteiger partial charge < -0.3 is 14.4 Å². The fraction of sp³-hybridized carbons (Fsp3) is 0.364. The van der Waals surface area contributed by atoms with E-state index in [9.17, 15) is 4.79 Å². The van der Waals surface area contributed by atoms with Gasteiger partial charge in [-0.05, 0) is 48.6 Å². The highest BCUT2D eigenvalue weighted by Gasteiger charge is 2.16. The van der Waals surface area contributed by atoms with E-state index in [4.69, 9.17) is 9.47 Å². The number of rotatable bonds is 8. The van der Waals surface area contributed by atoms with Crippen molar-refractivity contribution in [1.82, 2.24) is 5.43 Å². The monoisotopic (exact) mass is 382 g/mol. The molecule has 0 atom stereocenters. The van der Waals surface area contributed by atoms with Gasteiger partial charge in [0.1, 0.15) is 6.61 Å². The van der Waals surface area contributed by atoms with E-state index >= 15 is 0 Å². The molecule has 2 aromatic rings. The minimum atomic E-state index is -0.0528. The summed E-state index contributed by atoms with van der Waals surface area (Å²) in [5, 5.41) is 4.07. The number of ether oxygens (including phenoxy) is 2. The first-order chi connectivity index (χ1) is 13.7. The van der Waals surface area contributed by atoms with Crippen LogP contribution in [0.1, 0.15) is 30.4 Å². The zero-order valence-corrected chi connectivity index (χ0v) is 16.3. The maximum absolute atomic E-state index is 12.0. The molecule has 6 heteroatoms. The lowest BCUT2D eigenvalue weighted by Gasteiger charge is -2.22. The second-order valence-corrected chi connectivity index (χ2v) is 6.97. The van der Waals surface area contributed by atoms with Crippen LogP contribution in [0.15, 0.2) is 53.6 Å². The van der Waals surface area contributed by atoms with Gasteiger partial charge in [-0.15, -0.1) is 0 Å². The number of quaternary nitrogens is 1. The lowest BCUT2D eigenvalue weighted by molar-refractivity contribution is -0.896. The molecular weight excluding hydrogens is 354 g/mol. The van der Waals surface area contributed by atoms with Crippen molar-refractivity contribution in [3.8, 4) is 11.5 Å². The van der Waals surface area contributed by atoms with Crippen molar-refractivity contribution in [1.29, 1.82) is 0 Å². The lowest BCUT2D eigenvalue weighted by Crippen LogP contribution is -3.13. The van der Waals surface area contributed by atoms with Crippen LogP contribution in [0.3, 0.4) is 0 Å². The summed E-state index contributed by atoms with van der Waals surface area (Å²) in [5.41, 5.74) is 4.53. The van der Waals surface area contributed by atoms with Crippen molar-refractivity contribution in [3.05, 3.63) is 59.7 Å². The summed E-state index contributed by atoms with van der Waals surface area (Å²) < 4.78 is 11.3. The normalized spacial score (nSPS) is 14.8. The van der Waals surface area contributed by atoms with E-state index < -0.39 is 0 Å². The van der Waals surface area contributed by atoms with Gasteiger partial charge in [0, 0.05) is 0 Å². The Labute approximate surface area is 166 Å². The number of carbonyl (C=O) groups is 1. The van der Waals surface area contributed by atoms with Crippen LogP contribution in [0.2, 0.25) is 0 Å². The van der Waals surface area contributed by atoms with Crippen LogP contribution in [0.5, 0.6) is 11.5 Å². The van der Waals surface area contributed by atoms with Crippen LogP contribution >= 0.6 is 0 Å². The number of carbonyl (C=O) groups excluding carboxylic acids is 1. The highest BCUT2D eigenvalue weighted by molar-refractivity contribution is 5.83. The van der Waals surface area contributed by atoms with Gasteiger partial charge in [0.2, 0.25) is 0 Å². The van der Waals surface area contributed by atoms with Gasteiger partial charge >= 0.3 is 0 Å². The Morgan fingerprint density at radius 2 is 1.89 bits per heavy atom. The molecule has 1 heterocycles. The largest absolute Gasteiger partial charge is 0.493 e. The molecule has 28 heavy (non-hydrogen) atoms. The predicted molar refractivity (Wildman–Crippen MR) is 109 cm³/mol. The highest BCUT2D eigenvalue weighted by Crippen LogP contribution is 2.28. The van der Waals surface area contributed by atoms with Crippen molar-refractivity contribution < 1.29 is 19.2 Å². The van der Waals surface area contributed by atoms with E-state index in [0.29, 0.717) is 24.7 Å². The van der Waals surface area contributed by atoms with Gasteiger partial charge in [0.25, 0.3) is 5.91 Å². The van der Waals surface area contributed by atoms with E-state index in [0.717, 1.165) is 24.2 Å². The number of piperidine rings is 1. The second kappa shape index (κ2) is 10.5. The number of hydrazone groups is 1. The van der Waals surface area contributed by atoms with Crippen LogP contribution in [-0.2, 0) is 11.4 Å². The van der Waals surface area contributed by atoms with E-state index in [-0.39, 0.29) is 5.91 Å². The number of amides is 1. The number of benzene rings is 2. The molecule has 1 fully saturated rings. The van der Waals surface area contributed by atoms with E-state index in [1.54, 1.807) is 13.3 Å². The summed E-state index contributed by atoms with van der Waals surface area (Å²) in [6.45, 7) is 3.09. The molecule has 0 spiro atoms. The third-order valence-corrected chi connectivity index (χ3v) is 4.80. The summed E-state index contributed by atoms with van der Waals surface area (Å²) in [6.07, 6.45) is 5.29. The van der Waals surface area contributed by atoms with Gasteiger partial charge in [-0.1, -0.05) is 30.3 Å². The number of nitrogens with zero attached hydrogens (tertiary/aromatic N) is 1. The molecule has 0 unspecified atom stereocenters. The van der Waals surface area contributed by atoms with E-state index in [1.165, 1.54) is 24.2 Å². The molecule has 1 amide bonds. The number of hydrogen-bond acceptors (Lipinski definition) is 4. The van der Waals surface area contributed by atoms with Gasteiger partial charge in [-0.2, -0.15) is 5.10 Å². The first-order valence-corrected chi connectivity index (χ1v) is 9.75. The molecule has 1 saturated heterocycles. The fourth-order valence-corrected chi connectivity index (χ4v) is 3.29. The Kier molecular flexibility index (Phi) is 7.44. The van der Waals surface area contributed by atoms with Gasteiger partial charge in [-0.3, -0.25) is 4.79 Å². The van der Waals surface area contributed by atoms with Crippen LogP contribution in [0, 0.1) is 0 Å². The SMILES string of the molecule is COc1cc(/C=N\NC(=O)C[NH+]2CCCCC2)ccc1OCc1ccccc1. The third kappa shape index (κ3) is 6.09. The summed E-state index contributed by atoms with van der Waals surface area (Å²) >= 11 is 0. The molecule has 0 radical (unpaired) electrons. The van der Waals surface area contributed by atoms with Gasteiger partial charge in [0.05, 0.1) is 26.4 Å². The van der Waals surface area contributed by atoms with Crippen molar-refractivity contribution in [3.63, 3.8) is 0 Å². The topological polar surface area (TPSA) is 64.4 Å². The van der Waals surface area contributed by atoms with Crippen LogP contribution in [0.25, 0.3) is 0 Å². The average Bonchev–Trinajstić information content (AvgIpc) is 2.74. The third-order valence-electron chi connectivity index (χ3n) is 4.80. The molecule has 0 saturated carbocycles. The van der Waals surface area contributed by atoms with Crippen molar-refractivity contribution in [2.45, 2.75) is 25.9 Å². The zero-order valence-electron chi connectivity index (χ0n) is 16.3. The molecule has 3 rings (SSSR count). The standard InChI is InChI=1S/C22H27N3O3/c1-27-21-14-19(10-11-20(21)28-17-18-8-4-2-5-9-18)15-23-24-22(26)16-25-12-6-3-7-13-25/h2,4-5,8-11,14-15H,3,6-7,12-13,16-17H2,1H3,(H,24,26)/p+1/b23-15-. The quantitative estimate of drug-likeness (QED) is 0.541. The Morgan fingerprint density at radius 3 is 2.64 bits per heavy atom. The molecule has 0 bridgehead atoms. The van der Waals surface area contributed by atoms with Gasteiger partial charge in [-0.25, -0.2) is 5.43 Å². The van der Waals surface area contributed by atoms with Crippen molar-refractivity contribution in [2.75, 3.05) is 26.7 Å². The molecule has 2 aromatic carbocycles. The Hall–Kier alpha value is -2.86. The molecule has 6 nitrogen and oxygen atoms in total. The number of nitrogens with one attached hydrogen (secondary N) is 2. The Bertz CT molecular complexity index is 787. The molecule has 1 aliphatic rings. The Morgan fingerprint density at radius 1 is 1.11 bits per heavy atom. The molecular formula is C22H28N3O3+. The number of methoxy groups -OCH3 is 1. The lowest BCUT2D eigenvalue weighted by atomic mass is 10.1. The molecule has 0 aromatic heterocycles. The first-order valence-electron chi connectivity index (χ1n) is 9.75. The molecule has 0 aliphatic carbocycles. The summed E-state index contributed by atoms with van der Waals surface area (Å²) in [5.74, 6) is 1.24. The van der Waals surface area contributed by atoms with Crippen LogP contribution < -0.4 is 19.8 Å². The predicted octanol–water partition coefficient (Wildman–Crippen LogP) is 1.79. The first kappa shape index (κ1) is 19.9. The number of likely N-dealkylation sites (tertiary alicyclic amines) is 1. The average molecular weight is 382 g/mol. The van der Waals surface area contributed by atoms with Gasteiger partial charge in [0.15, 0.2) is 18.0 Å².